The Hall–Kier alpha value is -3.50. The number of hydrogen-bond acceptors (Lipinski definition) is 7. The van der Waals surface area contributed by atoms with Gasteiger partial charge in [0.1, 0.15) is 5.76 Å². The van der Waals surface area contributed by atoms with Gasteiger partial charge in [0, 0.05) is 38.0 Å². The van der Waals surface area contributed by atoms with Crippen LogP contribution in [0, 0.1) is 0 Å². The van der Waals surface area contributed by atoms with Gasteiger partial charge >= 0.3 is 31.3 Å². The van der Waals surface area contributed by atoms with Gasteiger partial charge in [-0.15, -0.1) is 0 Å². The summed E-state index contributed by atoms with van der Waals surface area (Å²) in [4.78, 5) is 11.4. The van der Waals surface area contributed by atoms with Gasteiger partial charge in [0.15, 0.2) is 11.5 Å². The molecule has 4 aromatic carbocycles. The number of aryl methyl sites for hydroxylation is 2. The number of carbonyl (C=O) groups is 1. The van der Waals surface area contributed by atoms with Crippen molar-refractivity contribution in [2.24, 2.45) is 0 Å². The van der Waals surface area contributed by atoms with Gasteiger partial charge in [-0.25, -0.2) is 0 Å². The summed E-state index contributed by atoms with van der Waals surface area (Å²) in [7, 11) is -11.4. The summed E-state index contributed by atoms with van der Waals surface area (Å²) in [5.41, 5.74) is -7.99. The monoisotopic (exact) mass is 802 g/mol. The first-order chi connectivity index (χ1) is 23.2. The molecule has 18 heteroatoms. The molecule has 2 aliphatic rings. The molecule has 6 rings (SSSR count). The van der Waals surface area contributed by atoms with E-state index in [9.17, 15) is 48.0 Å². The zero-order valence-electron chi connectivity index (χ0n) is 25.1. The second kappa shape index (κ2) is 15.4. The fourth-order valence-corrected chi connectivity index (χ4v) is 6.24. The summed E-state index contributed by atoms with van der Waals surface area (Å²) < 4.78 is 126. The van der Waals surface area contributed by atoms with Crippen LogP contribution in [0.2, 0.25) is 15.1 Å². The van der Waals surface area contributed by atoms with Gasteiger partial charge in [-0.2, -0.15) is 43.2 Å². The highest BCUT2D eigenvalue weighted by atomic mass is 35.5. The van der Waals surface area contributed by atoms with E-state index < -0.39 is 37.0 Å². The number of halogens is 9. The summed E-state index contributed by atoms with van der Waals surface area (Å²) >= 11 is 17.3. The highest BCUT2D eigenvalue weighted by Gasteiger charge is 2.49. The molecule has 0 bridgehead atoms. The molecule has 0 fully saturated rings. The zero-order chi connectivity index (χ0) is 37.1. The number of fused-ring (bicyclic) bond motifs is 3. The third kappa shape index (κ3) is 9.63. The largest absolute Gasteiger partial charge is 0.534 e. The van der Waals surface area contributed by atoms with Gasteiger partial charge in [-0.3, -0.25) is 4.79 Å². The smallest absolute Gasteiger partial charge is 0.376 e. The Morgan fingerprint density at radius 3 is 1.78 bits per heavy atom. The minimum absolute atomic E-state index is 0.183. The van der Waals surface area contributed by atoms with Gasteiger partial charge in [-0.05, 0) is 90.7 Å². The lowest BCUT2D eigenvalue weighted by Crippen LogP contribution is -2.28. The van der Waals surface area contributed by atoms with E-state index in [1.807, 2.05) is 12.1 Å². The van der Waals surface area contributed by atoms with Gasteiger partial charge < -0.3 is 8.37 Å². The summed E-state index contributed by atoms with van der Waals surface area (Å²) in [5, 5.41) is 1.90. The average Bonchev–Trinajstić information content (AvgIpc) is 3.01. The van der Waals surface area contributed by atoms with Gasteiger partial charge in [0.05, 0.1) is 0 Å². The van der Waals surface area contributed by atoms with Crippen molar-refractivity contribution in [3.63, 3.8) is 0 Å². The Morgan fingerprint density at radius 1 is 0.620 bits per heavy atom. The molecule has 4 aromatic rings. The molecule has 0 saturated heterocycles. The number of rotatable bonds is 4. The maximum Gasteiger partial charge on any atom is 0.534 e. The minimum atomic E-state index is -5.70. The molecule has 0 aliphatic heterocycles. The molecule has 0 N–H and O–H groups in total. The summed E-state index contributed by atoms with van der Waals surface area (Å²) in [6, 6.07) is 18.7. The van der Waals surface area contributed by atoms with E-state index in [1.165, 1.54) is 30.3 Å². The van der Waals surface area contributed by atoms with Gasteiger partial charge in [0.25, 0.3) is 0 Å². The van der Waals surface area contributed by atoms with Crippen molar-refractivity contribution in [1.82, 2.24) is 0 Å². The Balaban J connectivity index is 0.000000173. The van der Waals surface area contributed by atoms with Crippen molar-refractivity contribution in [3.8, 4) is 5.75 Å². The normalized spacial score (nSPS) is 14.6. The van der Waals surface area contributed by atoms with E-state index in [0.717, 1.165) is 30.0 Å². The van der Waals surface area contributed by atoms with Crippen LogP contribution < -0.4 is 4.18 Å². The first-order valence-electron chi connectivity index (χ1n) is 14.2. The number of ketones is 1. The molecule has 7 nitrogen and oxygen atoms in total. The van der Waals surface area contributed by atoms with Crippen molar-refractivity contribution >= 4 is 77.4 Å². The first-order valence-corrected chi connectivity index (χ1v) is 18.1. The number of carbonyl (C=O) groups excluding carboxylic acids is 1. The summed E-state index contributed by atoms with van der Waals surface area (Å²) in [5.74, 6) is -0.517. The van der Waals surface area contributed by atoms with E-state index >= 15 is 0 Å². The third-order valence-corrected chi connectivity index (χ3v) is 9.71. The fourth-order valence-electron chi connectivity index (χ4n) is 4.76. The Bertz CT molecular complexity index is 2170. The average molecular weight is 804 g/mol. The molecule has 0 unspecified atom stereocenters. The molecule has 0 radical (unpaired) electrons. The molecule has 0 heterocycles. The maximum absolute atomic E-state index is 12.3. The maximum atomic E-state index is 12.3. The predicted molar refractivity (Wildman–Crippen MR) is 177 cm³/mol. The molecule has 0 aromatic heterocycles. The summed E-state index contributed by atoms with van der Waals surface area (Å²) in [6.45, 7) is 0. The Morgan fingerprint density at radius 2 is 1.16 bits per heavy atom. The van der Waals surface area contributed by atoms with Crippen LogP contribution in [-0.2, 0) is 37.3 Å². The summed E-state index contributed by atoms with van der Waals surface area (Å²) in [6.07, 6.45) is 4.96. The van der Waals surface area contributed by atoms with E-state index in [0.29, 0.717) is 40.3 Å². The number of Topliss-reactive ketones (excluding diaryl/α,β-unsaturated/α-hetero) is 1. The van der Waals surface area contributed by atoms with Crippen LogP contribution >= 0.6 is 34.8 Å². The standard InChI is InChI=1S/C11H8ClF3O3S.C11H6ClF3O3S.C10H9ClO/c2*12-8-5-4-7-2-1-3-10(9(7)6-8)18-19(16,17)11(13,14)15;11-8-5-4-7-2-1-3-10(12)9(7)6-8/h3-6H,1-2H2;1-6H;4-6H,1-3H2. The third-order valence-electron chi connectivity index (χ3n) is 7.07. The number of allylic oxidation sites excluding steroid dienone is 1. The number of hydrogen-bond donors (Lipinski definition) is 0. The second-order valence-corrected chi connectivity index (χ2v) is 15.0. The number of alkyl halides is 6. The molecular weight excluding hydrogens is 781 g/mol. The Labute approximate surface area is 297 Å². The van der Waals surface area contributed by atoms with E-state index in [2.05, 4.69) is 8.37 Å². The van der Waals surface area contributed by atoms with Crippen molar-refractivity contribution in [1.29, 1.82) is 0 Å². The lowest BCUT2D eigenvalue weighted by Gasteiger charge is -2.18. The molecule has 0 atom stereocenters. The SMILES string of the molecule is O=C1CCCc2ccc(Cl)cc21.O=S(=O)(OC1=CCCc2ccc(Cl)cc21)C(F)(F)F.O=S(=O)(Oc1cccc2ccc(Cl)cc12)C(F)(F)F. The number of benzene rings is 4. The van der Waals surface area contributed by atoms with Crippen LogP contribution in [0.15, 0.2) is 78.9 Å². The van der Waals surface area contributed by atoms with E-state index in [4.69, 9.17) is 34.8 Å². The van der Waals surface area contributed by atoms with Crippen molar-refractivity contribution in [3.05, 3.63) is 116 Å². The molecular formula is C32H23Cl3F6O7S2. The first kappa shape index (κ1) is 39.3. The highest BCUT2D eigenvalue weighted by molar-refractivity contribution is 7.88. The minimum Gasteiger partial charge on any atom is -0.376 e. The highest BCUT2D eigenvalue weighted by Crippen LogP contribution is 2.35. The van der Waals surface area contributed by atoms with Crippen molar-refractivity contribution in [2.75, 3.05) is 0 Å². The van der Waals surface area contributed by atoms with Crippen LogP contribution in [-0.4, -0.2) is 33.6 Å². The zero-order valence-corrected chi connectivity index (χ0v) is 29.0. The van der Waals surface area contributed by atoms with Crippen LogP contribution in [0.25, 0.3) is 16.5 Å². The predicted octanol–water partition coefficient (Wildman–Crippen LogP) is 10.1. The van der Waals surface area contributed by atoms with Crippen LogP contribution in [0.1, 0.15) is 46.3 Å². The van der Waals surface area contributed by atoms with Crippen molar-refractivity contribution in [2.45, 2.75) is 43.1 Å². The van der Waals surface area contributed by atoms with Gasteiger partial charge in [0.2, 0.25) is 0 Å². The molecule has 0 spiro atoms. The lowest BCUT2D eigenvalue weighted by atomic mass is 9.91. The molecule has 2 aliphatic carbocycles. The molecule has 268 valence electrons. The van der Waals surface area contributed by atoms with E-state index in [1.54, 1.807) is 30.3 Å². The van der Waals surface area contributed by atoms with E-state index in [-0.39, 0.29) is 27.5 Å². The van der Waals surface area contributed by atoms with Crippen LogP contribution in [0.5, 0.6) is 5.75 Å². The molecule has 50 heavy (non-hydrogen) atoms. The van der Waals surface area contributed by atoms with Gasteiger partial charge in [-0.1, -0.05) is 65.1 Å². The van der Waals surface area contributed by atoms with Crippen molar-refractivity contribution < 1.29 is 56.3 Å². The lowest BCUT2D eigenvalue weighted by molar-refractivity contribution is -0.0511. The van der Waals surface area contributed by atoms with Crippen LogP contribution in [0.4, 0.5) is 26.3 Å². The molecule has 0 amide bonds. The Kier molecular flexibility index (Phi) is 12.1. The topological polar surface area (TPSA) is 104 Å². The molecule has 0 saturated carbocycles. The quantitative estimate of drug-likeness (QED) is 0.115. The second-order valence-electron chi connectivity index (χ2n) is 10.6. The van der Waals surface area contributed by atoms with Crippen LogP contribution in [0.3, 0.4) is 0 Å². The fraction of sp³-hybridized carbons (Fsp3) is 0.219.